The predicted molar refractivity (Wildman–Crippen MR) is 91.7 cm³/mol. The molecular formula is C15H15ClN4OS. The third-order valence-corrected chi connectivity index (χ3v) is 4.42. The Kier molecular flexibility index (Phi) is 4.52. The number of nitrogens with zero attached hydrogens (tertiary/aromatic N) is 2. The normalized spacial score (nSPS) is 11.0. The number of thioether (sulfide) groups is 1. The molecule has 114 valence electrons. The quantitative estimate of drug-likeness (QED) is 0.492. The van der Waals surface area contributed by atoms with Gasteiger partial charge in [-0.05, 0) is 30.5 Å². The number of aliphatic hydroxyl groups is 1. The van der Waals surface area contributed by atoms with Gasteiger partial charge >= 0.3 is 0 Å². The summed E-state index contributed by atoms with van der Waals surface area (Å²) < 4.78 is 0. The van der Waals surface area contributed by atoms with E-state index in [0.29, 0.717) is 23.3 Å². The van der Waals surface area contributed by atoms with Crippen LogP contribution < -0.4 is 5.32 Å². The Morgan fingerprint density at radius 2 is 2.18 bits per heavy atom. The van der Waals surface area contributed by atoms with Crippen LogP contribution in [0.2, 0.25) is 5.15 Å². The van der Waals surface area contributed by atoms with Crippen LogP contribution in [0.5, 0.6) is 0 Å². The summed E-state index contributed by atoms with van der Waals surface area (Å²) in [6, 6.07) is 7.97. The molecule has 0 atom stereocenters. The third-order valence-electron chi connectivity index (χ3n) is 3.24. The Bertz CT molecular complexity index is 805. The van der Waals surface area contributed by atoms with E-state index in [4.69, 9.17) is 16.7 Å². The van der Waals surface area contributed by atoms with Crippen molar-refractivity contribution >= 4 is 40.1 Å². The molecule has 7 heteroatoms. The summed E-state index contributed by atoms with van der Waals surface area (Å²) in [5, 5.41) is 13.6. The van der Waals surface area contributed by atoms with Crippen molar-refractivity contribution in [2.75, 3.05) is 24.7 Å². The van der Waals surface area contributed by atoms with Crippen LogP contribution in [0.15, 0.2) is 35.4 Å². The monoisotopic (exact) mass is 334 g/mol. The van der Waals surface area contributed by atoms with Crippen molar-refractivity contribution in [2.45, 2.75) is 4.90 Å². The molecular weight excluding hydrogens is 320 g/mol. The maximum atomic E-state index is 8.99. The molecule has 2 heterocycles. The van der Waals surface area contributed by atoms with Crippen molar-refractivity contribution in [1.82, 2.24) is 15.0 Å². The van der Waals surface area contributed by atoms with Crippen molar-refractivity contribution in [3.63, 3.8) is 0 Å². The molecule has 1 aromatic carbocycles. The Balaban J connectivity index is 2.07. The molecule has 0 fully saturated rings. The van der Waals surface area contributed by atoms with Gasteiger partial charge in [0.2, 0.25) is 0 Å². The summed E-state index contributed by atoms with van der Waals surface area (Å²) >= 11 is 7.75. The molecule has 0 unspecified atom stereocenters. The van der Waals surface area contributed by atoms with Gasteiger partial charge in [0.1, 0.15) is 11.0 Å². The van der Waals surface area contributed by atoms with Gasteiger partial charge in [0.05, 0.1) is 11.5 Å². The predicted octanol–water partition coefficient (Wildman–Crippen LogP) is 3.40. The van der Waals surface area contributed by atoms with Crippen molar-refractivity contribution < 1.29 is 5.11 Å². The van der Waals surface area contributed by atoms with Crippen LogP contribution in [-0.2, 0) is 0 Å². The molecule has 3 aromatic rings. The van der Waals surface area contributed by atoms with Crippen LogP contribution in [0.4, 0.5) is 5.82 Å². The maximum Gasteiger partial charge on any atom is 0.163 e. The van der Waals surface area contributed by atoms with E-state index < -0.39 is 0 Å². The van der Waals surface area contributed by atoms with Gasteiger partial charge in [0, 0.05) is 29.2 Å². The van der Waals surface area contributed by atoms with Gasteiger partial charge in [0.25, 0.3) is 0 Å². The largest absolute Gasteiger partial charge is 0.395 e. The van der Waals surface area contributed by atoms with Crippen LogP contribution in [0, 0.1) is 0 Å². The summed E-state index contributed by atoms with van der Waals surface area (Å²) in [7, 11) is 0. The SMILES string of the molecule is CSc1c(Cl)nc(-c2ccc3[nH]ccc3c2)nc1NCCO. The smallest absolute Gasteiger partial charge is 0.163 e. The minimum Gasteiger partial charge on any atom is -0.395 e. The highest BCUT2D eigenvalue weighted by molar-refractivity contribution is 7.98. The number of benzene rings is 1. The summed E-state index contributed by atoms with van der Waals surface area (Å²) in [6.45, 7) is 0.442. The van der Waals surface area contributed by atoms with Gasteiger partial charge in [0.15, 0.2) is 5.82 Å². The van der Waals surface area contributed by atoms with Crippen molar-refractivity contribution in [3.8, 4) is 11.4 Å². The van der Waals surface area contributed by atoms with E-state index in [2.05, 4.69) is 20.3 Å². The lowest BCUT2D eigenvalue weighted by atomic mass is 10.1. The molecule has 0 aliphatic rings. The lowest BCUT2D eigenvalue weighted by Crippen LogP contribution is -2.09. The number of aromatic nitrogens is 3. The van der Waals surface area contributed by atoms with Gasteiger partial charge in [-0.25, -0.2) is 9.97 Å². The zero-order valence-corrected chi connectivity index (χ0v) is 13.5. The number of aliphatic hydroxyl groups excluding tert-OH is 1. The minimum absolute atomic E-state index is 0.0279. The van der Waals surface area contributed by atoms with Gasteiger partial charge in [-0.2, -0.15) is 0 Å². The van der Waals surface area contributed by atoms with E-state index >= 15 is 0 Å². The van der Waals surface area contributed by atoms with Crippen molar-refractivity contribution in [1.29, 1.82) is 0 Å². The molecule has 0 spiro atoms. The summed E-state index contributed by atoms with van der Waals surface area (Å²) in [5.74, 6) is 1.21. The van der Waals surface area contributed by atoms with Crippen LogP contribution in [-0.4, -0.2) is 39.5 Å². The first-order valence-electron chi connectivity index (χ1n) is 6.76. The highest BCUT2D eigenvalue weighted by Gasteiger charge is 2.13. The highest BCUT2D eigenvalue weighted by Crippen LogP contribution is 2.33. The molecule has 22 heavy (non-hydrogen) atoms. The number of hydrogen-bond donors (Lipinski definition) is 3. The number of nitrogens with one attached hydrogen (secondary N) is 2. The average molecular weight is 335 g/mol. The lowest BCUT2D eigenvalue weighted by Gasteiger charge is -2.12. The Morgan fingerprint density at radius 1 is 1.32 bits per heavy atom. The molecule has 3 rings (SSSR count). The molecule has 0 saturated heterocycles. The number of aromatic amines is 1. The summed E-state index contributed by atoms with van der Waals surface area (Å²) in [5.41, 5.74) is 1.96. The van der Waals surface area contributed by atoms with Gasteiger partial charge in [-0.3, -0.25) is 0 Å². The molecule has 5 nitrogen and oxygen atoms in total. The fraction of sp³-hybridized carbons (Fsp3) is 0.200. The first-order chi connectivity index (χ1) is 10.7. The molecule has 0 aliphatic carbocycles. The number of fused-ring (bicyclic) bond motifs is 1. The fourth-order valence-electron chi connectivity index (χ4n) is 2.22. The second kappa shape index (κ2) is 6.56. The van der Waals surface area contributed by atoms with E-state index in [1.807, 2.05) is 36.7 Å². The van der Waals surface area contributed by atoms with Crippen LogP contribution in [0.3, 0.4) is 0 Å². The van der Waals surface area contributed by atoms with E-state index in [-0.39, 0.29) is 6.61 Å². The first-order valence-corrected chi connectivity index (χ1v) is 8.37. The standard InChI is InChI=1S/C15H15ClN4OS/c1-22-12-13(16)19-14(20-15(12)18-6-7-21)10-2-3-11-9(8-10)4-5-17-11/h2-5,8,17,21H,6-7H2,1H3,(H,18,19,20). The number of rotatable bonds is 5. The molecule has 3 N–H and O–H groups in total. The Hall–Kier alpha value is -1.76. The zero-order valence-electron chi connectivity index (χ0n) is 11.9. The maximum absolute atomic E-state index is 8.99. The molecule has 0 bridgehead atoms. The summed E-state index contributed by atoms with van der Waals surface area (Å²) in [4.78, 5) is 12.9. The second-order valence-electron chi connectivity index (χ2n) is 4.65. The minimum atomic E-state index is 0.0279. The molecule has 2 aromatic heterocycles. The lowest BCUT2D eigenvalue weighted by molar-refractivity contribution is 0.311. The number of halogens is 1. The highest BCUT2D eigenvalue weighted by atomic mass is 35.5. The van der Waals surface area contributed by atoms with E-state index in [1.165, 1.54) is 11.8 Å². The van der Waals surface area contributed by atoms with E-state index in [1.54, 1.807) is 0 Å². The topological polar surface area (TPSA) is 73.8 Å². The van der Waals surface area contributed by atoms with Gasteiger partial charge in [-0.1, -0.05) is 11.6 Å². The third kappa shape index (κ3) is 2.90. The Labute approximate surface area is 137 Å². The number of H-pyrrole nitrogens is 1. The molecule has 0 amide bonds. The van der Waals surface area contributed by atoms with Crippen molar-refractivity contribution in [3.05, 3.63) is 35.6 Å². The molecule has 0 saturated carbocycles. The van der Waals surface area contributed by atoms with Crippen molar-refractivity contribution in [2.24, 2.45) is 0 Å². The summed E-state index contributed by atoms with van der Waals surface area (Å²) in [6.07, 6.45) is 3.81. The first kappa shape index (κ1) is 15.1. The van der Waals surface area contributed by atoms with E-state index in [9.17, 15) is 0 Å². The van der Waals surface area contributed by atoms with Crippen LogP contribution >= 0.6 is 23.4 Å². The van der Waals surface area contributed by atoms with Gasteiger partial charge in [-0.15, -0.1) is 11.8 Å². The van der Waals surface area contributed by atoms with Gasteiger partial charge < -0.3 is 15.4 Å². The second-order valence-corrected chi connectivity index (χ2v) is 5.82. The molecule has 0 aliphatic heterocycles. The van der Waals surface area contributed by atoms with Crippen LogP contribution in [0.1, 0.15) is 0 Å². The molecule has 0 radical (unpaired) electrons. The zero-order chi connectivity index (χ0) is 15.5. The Morgan fingerprint density at radius 3 is 2.95 bits per heavy atom. The van der Waals surface area contributed by atoms with Crippen LogP contribution in [0.25, 0.3) is 22.3 Å². The number of anilines is 1. The fourth-order valence-corrected chi connectivity index (χ4v) is 3.15. The van der Waals surface area contributed by atoms with E-state index in [0.717, 1.165) is 21.4 Å². The average Bonchev–Trinajstić information content (AvgIpc) is 2.99. The number of hydrogen-bond acceptors (Lipinski definition) is 5.